The number of Topliss-reactive ketones (excluding diaryl/α,β-unsaturated/α-hetero) is 1. The Labute approximate surface area is 266 Å². The Bertz CT molecular complexity index is 1080. The van der Waals surface area contributed by atoms with Crippen LogP contribution in [0.25, 0.3) is 0 Å². The van der Waals surface area contributed by atoms with Gasteiger partial charge in [-0.1, -0.05) is 42.7 Å². The van der Waals surface area contributed by atoms with E-state index in [0.29, 0.717) is 45.1 Å². The second kappa shape index (κ2) is 13.7. The van der Waals surface area contributed by atoms with Crippen LogP contribution in [0, 0.1) is 34.5 Å². The van der Waals surface area contributed by atoms with Crippen LogP contribution in [-0.4, -0.2) is 55.0 Å². The minimum Gasteiger partial charge on any atom is -0.392 e. The molecule has 2 heterocycles. The first-order valence-electron chi connectivity index (χ1n) is 17.3. The van der Waals surface area contributed by atoms with Gasteiger partial charge in [0.25, 0.3) is 0 Å². The van der Waals surface area contributed by atoms with Crippen LogP contribution in [0.15, 0.2) is 49.6 Å². The summed E-state index contributed by atoms with van der Waals surface area (Å²) in [6.45, 7) is 22.5. The minimum absolute atomic E-state index is 0.0472. The summed E-state index contributed by atoms with van der Waals surface area (Å²) >= 11 is 0. The van der Waals surface area contributed by atoms with E-state index < -0.39 is 11.6 Å². The van der Waals surface area contributed by atoms with E-state index in [4.69, 9.17) is 18.9 Å². The highest BCUT2D eigenvalue weighted by atomic mass is 16.7. The van der Waals surface area contributed by atoms with Gasteiger partial charge < -0.3 is 24.1 Å². The fraction of sp³-hybridized carbons (Fsp3) is 0.763. The van der Waals surface area contributed by atoms with E-state index in [-0.39, 0.29) is 40.6 Å². The molecule has 0 aromatic carbocycles. The van der Waals surface area contributed by atoms with E-state index >= 15 is 0 Å². The van der Waals surface area contributed by atoms with E-state index in [1.807, 2.05) is 19.9 Å². The monoisotopic (exact) mass is 610 g/mol. The van der Waals surface area contributed by atoms with Gasteiger partial charge in [-0.3, -0.25) is 4.79 Å². The maximum Gasteiger partial charge on any atom is 0.172 e. The van der Waals surface area contributed by atoms with Crippen LogP contribution in [-0.2, 0) is 23.7 Å². The number of hydrogen-bond donors (Lipinski definition) is 1. The van der Waals surface area contributed by atoms with Crippen LogP contribution in [0.4, 0.5) is 0 Å². The summed E-state index contributed by atoms with van der Waals surface area (Å²) in [5.74, 6) is 0.107. The van der Waals surface area contributed by atoms with Crippen molar-refractivity contribution >= 4 is 5.78 Å². The van der Waals surface area contributed by atoms with Gasteiger partial charge in [-0.15, -0.1) is 19.7 Å². The van der Waals surface area contributed by atoms with Crippen LogP contribution in [0.3, 0.4) is 0 Å². The normalized spacial score (nSPS) is 37.1. The minimum atomic E-state index is -0.515. The van der Waals surface area contributed by atoms with Crippen LogP contribution >= 0.6 is 0 Å². The lowest BCUT2D eigenvalue weighted by molar-refractivity contribution is -0.223. The molecule has 246 valence electrons. The maximum atomic E-state index is 12.8. The molecule has 6 rings (SSSR count). The van der Waals surface area contributed by atoms with Gasteiger partial charge in [0.2, 0.25) is 0 Å². The van der Waals surface area contributed by atoms with E-state index in [1.165, 1.54) is 12.8 Å². The zero-order valence-corrected chi connectivity index (χ0v) is 27.6. The van der Waals surface area contributed by atoms with Crippen molar-refractivity contribution in [3.05, 3.63) is 49.6 Å². The SMILES string of the molecule is C=CCC12CCCC(C(=O)CC(=C)C)C1C1(CC2)OCCO1.C=CCC12CCCC([C@H](O)CC(=C)C)C1C1(CC2)OCCO1. The van der Waals surface area contributed by atoms with Crippen LogP contribution in [0.1, 0.15) is 104 Å². The first-order valence-corrected chi connectivity index (χ1v) is 17.3. The Balaban J connectivity index is 0.000000175. The number of carbonyl (C=O) groups excluding carboxylic acids is 1. The fourth-order valence-corrected chi connectivity index (χ4v) is 10.7. The van der Waals surface area contributed by atoms with E-state index in [0.717, 1.165) is 75.4 Å². The molecule has 6 aliphatic rings. The summed E-state index contributed by atoms with van der Waals surface area (Å²) in [6, 6.07) is 0. The molecule has 6 unspecified atom stereocenters. The van der Waals surface area contributed by atoms with Gasteiger partial charge in [0.15, 0.2) is 11.6 Å². The summed E-state index contributed by atoms with van der Waals surface area (Å²) in [6.07, 6.45) is 17.6. The van der Waals surface area contributed by atoms with Crippen molar-refractivity contribution < 1.29 is 28.8 Å². The van der Waals surface area contributed by atoms with Gasteiger partial charge in [0.1, 0.15) is 5.78 Å². The Kier molecular flexibility index (Phi) is 10.5. The molecule has 44 heavy (non-hydrogen) atoms. The van der Waals surface area contributed by atoms with E-state index in [9.17, 15) is 9.90 Å². The van der Waals surface area contributed by atoms with Crippen LogP contribution in [0.2, 0.25) is 0 Å². The quantitative estimate of drug-likeness (QED) is 0.254. The van der Waals surface area contributed by atoms with Crippen molar-refractivity contribution in [2.75, 3.05) is 26.4 Å². The predicted molar refractivity (Wildman–Crippen MR) is 174 cm³/mol. The third-order valence-corrected chi connectivity index (χ3v) is 12.0. The Hall–Kier alpha value is -1.57. The van der Waals surface area contributed by atoms with Crippen molar-refractivity contribution in [1.82, 2.24) is 0 Å². The molecule has 6 heteroatoms. The maximum absolute atomic E-state index is 12.8. The zero-order valence-electron chi connectivity index (χ0n) is 27.6. The molecule has 2 spiro atoms. The highest BCUT2D eigenvalue weighted by Gasteiger charge is 2.65. The molecule has 0 radical (unpaired) electrons. The van der Waals surface area contributed by atoms with Gasteiger partial charge in [0, 0.05) is 37.0 Å². The van der Waals surface area contributed by atoms with Crippen molar-refractivity contribution in [2.24, 2.45) is 34.5 Å². The summed E-state index contributed by atoms with van der Waals surface area (Å²) in [7, 11) is 0. The van der Waals surface area contributed by atoms with Gasteiger partial charge in [0.05, 0.1) is 32.5 Å². The zero-order chi connectivity index (χ0) is 31.6. The summed E-state index contributed by atoms with van der Waals surface area (Å²) in [5, 5.41) is 10.8. The van der Waals surface area contributed by atoms with Crippen LogP contribution < -0.4 is 0 Å². The molecule has 7 atom stereocenters. The molecule has 0 amide bonds. The van der Waals surface area contributed by atoms with Gasteiger partial charge in [-0.05, 0) is 88.4 Å². The van der Waals surface area contributed by atoms with E-state index in [1.54, 1.807) is 0 Å². The van der Waals surface area contributed by atoms with Crippen molar-refractivity contribution in [3.8, 4) is 0 Å². The van der Waals surface area contributed by atoms with Crippen LogP contribution in [0.5, 0.6) is 0 Å². The van der Waals surface area contributed by atoms with Crippen molar-refractivity contribution in [1.29, 1.82) is 0 Å². The molecule has 6 nitrogen and oxygen atoms in total. The molecule has 0 bridgehead atoms. The Morgan fingerprint density at radius 3 is 1.77 bits per heavy atom. The number of rotatable bonds is 10. The average molecular weight is 611 g/mol. The lowest BCUT2D eigenvalue weighted by Gasteiger charge is -2.49. The molecule has 2 saturated heterocycles. The smallest absolute Gasteiger partial charge is 0.172 e. The second-order valence-corrected chi connectivity index (χ2v) is 15.1. The highest BCUT2D eigenvalue weighted by Crippen LogP contribution is 2.64. The molecule has 2 aliphatic heterocycles. The third kappa shape index (κ3) is 6.23. The van der Waals surface area contributed by atoms with Crippen molar-refractivity contribution in [3.63, 3.8) is 0 Å². The van der Waals surface area contributed by atoms with E-state index in [2.05, 4.69) is 32.4 Å². The molecule has 1 N–H and O–H groups in total. The summed E-state index contributed by atoms with van der Waals surface area (Å²) in [4.78, 5) is 12.8. The van der Waals surface area contributed by atoms with Gasteiger partial charge >= 0.3 is 0 Å². The predicted octanol–water partition coefficient (Wildman–Crippen LogP) is 7.87. The van der Waals surface area contributed by atoms with Gasteiger partial charge in [-0.25, -0.2) is 0 Å². The summed E-state index contributed by atoms with van der Waals surface area (Å²) < 4.78 is 24.5. The molecule has 0 aromatic heterocycles. The molecular formula is C38H58O6. The molecule has 4 aliphatic carbocycles. The largest absolute Gasteiger partial charge is 0.392 e. The van der Waals surface area contributed by atoms with Gasteiger partial charge in [-0.2, -0.15) is 0 Å². The number of ether oxygens (including phenoxy) is 4. The number of allylic oxidation sites excluding steroid dienone is 3. The molecule has 6 fully saturated rings. The van der Waals surface area contributed by atoms with Crippen molar-refractivity contribution in [2.45, 2.75) is 121 Å². The summed E-state index contributed by atoms with van der Waals surface area (Å²) in [5.41, 5.74) is 2.34. The number of carbonyl (C=O) groups is 1. The Morgan fingerprint density at radius 1 is 0.773 bits per heavy atom. The number of hydrogen-bond acceptors (Lipinski definition) is 6. The fourth-order valence-electron chi connectivity index (χ4n) is 10.7. The number of fused-ring (bicyclic) bond motifs is 4. The number of ketones is 1. The lowest BCUT2D eigenvalue weighted by Crippen LogP contribution is -2.51. The highest BCUT2D eigenvalue weighted by molar-refractivity contribution is 5.83. The number of aliphatic hydroxyl groups excluding tert-OH is 1. The Morgan fingerprint density at radius 2 is 1.27 bits per heavy atom. The second-order valence-electron chi connectivity index (χ2n) is 15.1. The molecule has 0 aromatic rings. The number of aliphatic hydroxyl groups is 1. The average Bonchev–Trinajstić information content (AvgIpc) is 3.77. The lowest BCUT2D eigenvalue weighted by atomic mass is 9.59. The first-order chi connectivity index (χ1) is 21.1. The molecular weight excluding hydrogens is 552 g/mol. The topological polar surface area (TPSA) is 74.2 Å². The molecule has 4 saturated carbocycles. The first kappa shape index (κ1) is 33.8. The third-order valence-electron chi connectivity index (χ3n) is 12.0. The standard InChI is InChI=1S/C19H30O3.C19H28O3/c2*1-4-7-18-8-5-6-15(16(20)13-14(2)3)17(18)19(10-9-18)21-11-12-22-19/h4,15-17,20H,1-2,5-13H2,3H3;4,15,17H,1-2,5-13H2,3H3/t15?,16-,17?,18?;/m1./s1.